The topological polar surface area (TPSA) is 107 Å². The highest BCUT2D eigenvalue weighted by atomic mass is 19.1. The number of nitrogens with one attached hydrogen (secondary N) is 1. The van der Waals surface area contributed by atoms with Crippen LogP contribution in [0.15, 0.2) is 85.2 Å². The van der Waals surface area contributed by atoms with E-state index in [-0.39, 0.29) is 18.1 Å². The first-order valence-electron chi connectivity index (χ1n) is 10.6. The fraction of sp³-hybridized carbons (Fsp3) is 0.0385. The smallest absolute Gasteiger partial charge is 0.274 e. The summed E-state index contributed by atoms with van der Waals surface area (Å²) in [6.45, 7) is 0.0229. The molecule has 0 unspecified atom stereocenters. The van der Waals surface area contributed by atoms with Crippen LogP contribution in [0.4, 0.5) is 10.2 Å². The number of carbonyl (C=O) groups excluding carboxylic acids is 1. The standard InChI is InChI=1S/C26H19FN6O/c27-19-10-12-29-20(14-19)15-31-26(34)24-25(28)33-22(16-5-2-1-3-6-16)23(32-24)18-8-9-21-17(13-18)7-4-11-30-21/h1-14H,15H2,(H2,28,33)(H,31,34). The number of rotatable bonds is 5. The lowest BCUT2D eigenvalue weighted by Crippen LogP contribution is -2.26. The maximum atomic E-state index is 13.4. The fourth-order valence-corrected chi connectivity index (χ4v) is 3.64. The zero-order chi connectivity index (χ0) is 23.5. The zero-order valence-electron chi connectivity index (χ0n) is 17.9. The van der Waals surface area contributed by atoms with Gasteiger partial charge in [-0.1, -0.05) is 42.5 Å². The molecule has 0 aliphatic carbocycles. The van der Waals surface area contributed by atoms with E-state index in [1.165, 1.54) is 18.3 Å². The summed E-state index contributed by atoms with van der Waals surface area (Å²) in [7, 11) is 0. The Labute approximate surface area is 194 Å². The molecule has 5 aromatic rings. The molecule has 166 valence electrons. The summed E-state index contributed by atoms with van der Waals surface area (Å²) in [6, 6.07) is 21.6. The third-order valence-electron chi connectivity index (χ3n) is 5.27. The molecular formula is C26H19FN6O. The van der Waals surface area contributed by atoms with Gasteiger partial charge in [0.05, 0.1) is 29.1 Å². The minimum Gasteiger partial charge on any atom is -0.382 e. The molecule has 0 atom stereocenters. The molecule has 3 aromatic heterocycles. The van der Waals surface area contributed by atoms with Gasteiger partial charge in [-0.2, -0.15) is 0 Å². The van der Waals surface area contributed by atoms with Crippen LogP contribution in [-0.4, -0.2) is 25.8 Å². The second-order valence-electron chi connectivity index (χ2n) is 7.58. The second-order valence-corrected chi connectivity index (χ2v) is 7.58. The quantitative estimate of drug-likeness (QED) is 0.411. The van der Waals surface area contributed by atoms with E-state index in [4.69, 9.17) is 5.73 Å². The SMILES string of the molecule is Nc1nc(-c2ccccc2)c(-c2ccc3ncccc3c2)nc1C(=O)NCc1cc(F)ccn1. The molecule has 3 N–H and O–H groups in total. The van der Waals surface area contributed by atoms with Gasteiger partial charge in [0, 0.05) is 28.9 Å². The van der Waals surface area contributed by atoms with E-state index in [1.54, 1.807) is 6.20 Å². The fourth-order valence-electron chi connectivity index (χ4n) is 3.64. The number of aromatic nitrogens is 4. The van der Waals surface area contributed by atoms with Crippen molar-refractivity contribution in [2.24, 2.45) is 0 Å². The minimum atomic E-state index is -0.528. The molecule has 5 rings (SSSR count). The molecule has 0 radical (unpaired) electrons. The summed E-state index contributed by atoms with van der Waals surface area (Å²) in [6.07, 6.45) is 3.07. The largest absolute Gasteiger partial charge is 0.382 e. The minimum absolute atomic E-state index is 0.00485. The Kier molecular flexibility index (Phi) is 5.61. The molecule has 7 nitrogen and oxygen atoms in total. The van der Waals surface area contributed by atoms with Gasteiger partial charge in [0.25, 0.3) is 5.91 Å². The van der Waals surface area contributed by atoms with Crippen molar-refractivity contribution in [3.8, 4) is 22.5 Å². The van der Waals surface area contributed by atoms with E-state index in [9.17, 15) is 9.18 Å². The summed E-state index contributed by atoms with van der Waals surface area (Å²) in [5.74, 6) is -0.965. The van der Waals surface area contributed by atoms with Crippen LogP contribution in [0.1, 0.15) is 16.2 Å². The lowest BCUT2D eigenvalue weighted by atomic mass is 10.0. The highest BCUT2D eigenvalue weighted by Gasteiger charge is 2.20. The number of anilines is 1. The molecule has 34 heavy (non-hydrogen) atoms. The second kappa shape index (κ2) is 9.03. The van der Waals surface area contributed by atoms with Crippen molar-refractivity contribution in [3.63, 3.8) is 0 Å². The number of amides is 1. The third kappa shape index (κ3) is 4.29. The number of nitrogens with two attached hydrogens (primary N) is 1. The van der Waals surface area contributed by atoms with Crippen molar-refractivity contribution in [3.05, 3.63) is 102 Å². The number of carbonyl (C=O) groups is 1. The number of fused-ring (bicyclic) bond motifs is 1. The van der Waals surface area contributed by atoms with Crippen molar-refractivity contribution >= 4 is 22.6 Å². The predicted octanol–water partition coefficient (Wildman–Crippen LogP) is 4.41. The first-order chi connectivity index (χ1) is 16.6. The summed E-state index contributed by atoms with van der Waals surface area (Å²) in [5, 5.41) is 3.62. The van der Waals surface area contributed by atoms with Gasteiger partial charge in [0.2, 0.25) is 0 Å². The van der Waals surface area contributed by atoms with Crippen molar-refractivity contribution in [1.29, 1.82) is 0 Å². The zero-order valence-corrected chi connectivity index (χ0v) is 17.9. The summed E-state index contributed by atoms with van der Waals surface area (Å²) < 4.78 is 13.4. The van der Waals surface area contributed by atoms with E-state index < -0.39 is 11.7 Å². The Morgan fingerprint density at radius 2 is 1.68 bits per heavy atom. The molecule has 8 heteroatoms. The van der Waals surface area contributed by atoms with E-state index in [2.05, 4.69) is 25.3 Å². The average molecular weight is 450 g/mol. The van der Waals surface area contributed by atoms with E-state index in [0.717, 1.165) is 22.0 Å². The highest BCUT2D eigenvalue weighted by Crippen LogP contribution is 2.32. The summed E-state index contributed by atoms with van der Waals surface area (Å²) >= 11 is 0. The maximum Gasteiger partial charge on any atom is 0.274 e. The van der Waals surface area contributed by atoms with E-state index in [0.29, 0.717) is 17.1 Å². The summed E-state index contributed by atoms with van der Waals surface area (Å²) in [5.41, 5.74) is 10.0. The molecule has 0 bridgehead atoms. The molecular weight excluding hydrogens is 431 g/mol. The van der Waals surface area contributed by atoms with E-state index in [1.807, 2.05) is 60.7 Å². The molecule has 0 saturated heterocycles. The number of hydrogen-bond donors (Lipinski definition) is 2. The molecule has 2 aromatic carbocycles. The van der Waals surface area contributed by atoms with Crippen LogP contribution < -0.4 is 11.1 Å². The van der Waals surface area contributed by atoms with Gasteiger partial charge in [-0.15, -0.1) is 0 Å². The number of benzene rings is 2. The lowest BCUT2D eigenvalue weighted by Gasteiger charge is -2.13. The first-order valence-corrected chi connectivity index (χ1v) is 10.6. The van der Waals surface area contributed by atoms with Crippen LogP contribution in [-0.2, 0) is 6.54 Å². The average Bonchev–Trinajstić information content (AvgIpc) is 2.87. The van der Waals surface area contributed by atoms with Gasteiger partial charge in [-0.05, 0) is 30.3 Å². The molecule has 1 amide bonds. The van der Waals surface area contributed by atoms with Crippen LogP contribution >= 0.6 is 0 Å². The van der Waals surface area contributed by atoms with Gasteiger partial charge >= 0.3 is 0 Å². The number of pyridine rings is 2. The Hall–Kier alpha value is -4.72. The van der Waals surface area contributed by atoms with Crippen LogP contribution in [0.2, 0.25) is 0 Å². The summed E-state index contributed by atoms with van der Waals surface area (Å²) in [4.78, 5) is 30.5. The number of nitrogen functional groups attached to an aromatic ring is 1. The number of nitrogens with zero attached hydrogens (tertiary/aromatic N) is 4. The Morgan fingerprint density at radius 1 is 0.853 bits per heavy atom. The predicted molar refractivity (Wildman–Crippen MR) is 128 cm³/mol. The molecule has 0 saturated carbocycles. The number of hydrogen-bond acceptors (Lipinski definition) is 6. The molecule has 0 fully saturated rings. The van der Waals surface area contributed by atoms with Crippen molar-refractivity contribution in [1.82, 2.24) is 25.3 Å². The molecule has 0 aliphatic heterocycles. The van der Waals surface area contributed by atoms with Crippen molar-refractivity contribution in [2.75, 3.05) is 5.73 Å². The molecule has 3 heterocycles. The van der Waals surface area contributed by atoms with Crippen LogP contribution in [0.5, 0.6) is 0 Å². The van der Waals surface area contributed by atoms with Gasteiger partial charge < -0.3 is 11.1 Å². The normalized spacial score (nSPS) is 10.9. The van der Waals surface area contributed by atoms with Gasteiger partial charge in [0.1, 0.15) is 5.82 Å². The van der Waals surface area contributed by atoms with E-state index >= 15 is 0 Å². The van der Waals surface area contributed by atoms with Crippen molar-refractivity contribution in [2.45, 2.75) is 6.54 Å². The molecule has 0 spiro atoms. The van der Waals surface area contributed by atoms with Gasteiger partial charge in [-0.25, -0.2) is 14.4 Å². The van der Waals surface area contributed by atoms with Gasteiger partial charge in [0.15, 0.2) is 11.5 Å². The molecule has 0 aliphatic rings. The highest BCUT2D eigenvalue weighted by molar-refractivity contribution is 5.98. The van der Waals surface area contributed by atoms with Crippen molar-refractivity contribution < 1.29 is 9.18 Å². The van der Waals surface area contributed by atoms with Crippen LogP contribution in [0.25, 0.3) is 33.4 Å². The Balaban J connectivity index is 1.57. The van der Waals surface area contributed by atoms with Gasteiger partial charge in [-0.3, -0.25) is 14.8 Å². The number of halogens is 1. The first kappa shape index (κ1) is 21.1. The maximum absolute atomic E-state index is 13.4. The monoisotopic (exact) mass is 450 g/mol. The van der Waals surface area contributed by atoms with Crippen LogP contribution in [0, 0.1) is 5.82 Å². The Morgan fingerprint density at radius 3 is 2.50 bits per heavy atom. The van der Waals surface area contributed by atoms with Crippen LogP contribution in [0.3, 0.4) is 0 Å². The third-order valence-corrected chi connectivity index (χ3v) is 5.27. The Bertz CT molecular complexity index is 1510. The lowest BCUT2D eigenvalue weighted by molar-refractivity contribution is 0.0946.